The average molecular weight is 433 g/mol. The quantitative estimate of drug-likeness (QED) is 0.658. The van der Waals surface area contributed by atoms with Crippen molar-refractivity contribution >= 4 is 35.5 Å². The number of carbonyl (C=O) groups is 2. The minimum absolute atomic E-state index is 0.0309. The highest BCUT2D eigenvalue weighted by Crippen LogP contribution is 2.37. The minimum atomic E-state index is -0.672. The lowest BCUT2D eigenvalue weighted by molar-refractivity contribution is -0.119. The number of aromatic amines is 1. The molecule has 0 aliphatic carbocycles. The van der Waals surface area contributed by atoms with Crippen LogP contribution in [0.15, 0.2) is 52.4 Å². The lowest BCUT2D eigenvalue weighted by Crippen LogP contribution is -2.48. The smallest absolute Gasteiger partial charge is 0.291 e. The Morgan fingerprint density at radius 1 is 1.29 bits per heavy atom. The van der Waals surface area contributed by atoms with Crippen molar-refractivity contribution < 1.29 is 9.59 Å². The van der Waals surface area contributed by atoms with Gasteiger partial charge in [-0.2, -0.15) is 0 Å². The van der Waals surface area contributed by atoms with Gasteiger partial charge in [-0.3, -0.25) is 19.7 Å². The SMILES string of the molecule is CN1C(=O)[C@@H](NC(=O)c2n[nH]c(Cc3ccccc3)n2)CSc2cc3c(cc21)C=NC3. The van der Waals surface area contributed by atoms with Gasteiger partial charge in [-0.05, 0) is 28.8 Å². The van der Waals surface area contributed by atoms with Crippen LogP contribution in [-0.4, -0.2) is 52.1 Å². The molecule has 1 aromatic heterocycles. The van der Waals surface area contributed by atoms with Gasteiger partial charge in [-0.1, -0.05) is 30.3 Å². The molecule has 3 heterocycles. The standard InChI is InChI=1S/C22H20N6O2S/c1-28-17-8-14-10-23-11-15(14)9-18(17)31-12-16(22(28)30)24-21(29)20-25-19(26-27-20)7-13-5-3-2-4-6-13/h2-6,8-10,16H,7,11-12H2,1H3,(H,24,29)(H,25,26,27)/t16-/m0/s1. The molecule has 0 fully saturated rings. The van der Waals surface area contributed by atoms with Gasteiger partial charge in [0, 0.05) is 30.3 Å². The fourth-order valence-electron chi connectivity index (χ4n) is 3.69. The van der Waals surface area contributed by atoms with Crippen molar-refractivity contribution in [3.63, 3.8) is 0 Å². The largest absolute Gasteiger partial charge is 0.337 e. The molecule has 9 heteroatoms. The summed E-state index contributed by atoms with van der Waals surface area (Å²) in [6, 6.07) is 13.2. The maximum absolute atomic E-state index is 13.0. The molecule has 8 nitrogen and oxygen atoms in total. The van der Waals surface area contributed by atoms with Gasteiger partial charge < -0.3 is 10.2 Å². The molecule has 5 rings (SSSR count). The van der Waals surface area contributed by atoms with Crippen molar-refractivity contribution in [1.82, 2.24) is 20.5 Å². The Hall–Kier alpha value is -3.46. The Bertz CT molecular complexity index is 1190. The second-order valence-electron chi connectivity index (χ2n) is 7.49. The van der Waals surface area contributed by atoms with Crippen molar-refractivity contribution in [2.75, 3.05) is 17.7 Å². The van der Waals surface area contributed by atoms with E-state index >= 15 is 0 Å². The predicted molar refractivity (Wildman–Crippen MR) is 119 cm³/mol. The molecule has 0 saturated heterocycles. The zero-order valence-corrected chi connectivity index (χ0v) is 17.6. The van der Waals surface area contributed by atoms with Crippen LogP contribution in [0.1, 0.15) is 33.1 Å². The highest BCUT2D eigenvalue weighted by Gasteiger charge is 2.31. The van der Waals surface area contributed by atoms with Gasteiger partial charge in [-0.15, -0.1) is 16.9 Å². The van der Waals surface area contributed by atoms with E-state index in [9.17, 15) is 9.59 Å². The molecule has 1 atom stereocenters. The maximum atomic E-state index is 13.0. The zero-order chi connectivity index (χ0) is 21.4. The summed E-state index contributed by atoms with van der Waals surface area (Å²) in [5, 5.41) is 9.64. The minimum Gasteiger partial charge on any atom is -0.337 e. The fourth-order valence-corrected chi connectivity index (χ4v) is 4.83. The van der Waals surface area contributed by atoms with Crippen molar-refractivity contribution in [3.8, 4) is 0 Å². The molecule has 156 valence electrons. The summed E-state index contributed by atoms with van der Waals surface area (Å²) < 4.78 is 0. The highest BCUT2D eigenvalue weighted by atomic mass is 32.2. The molecule has 31 heavy (non-hydrogen) atoms. The number of H-pyrrole nitrogens is 1. The number of carbonyl (C=O) groups excluding carboxylic acids is 2. The summed E-state index contributed by atoms with van der Waals surface area (Å²) in [5.74, 6) is 0.419. The Morgan fingerprint density at radius 3 is 2.97 bits per heavy atom. The molecule has 0 radical (unpaired) electrons. The van der Waals surface area contributed by atoms with Gasteiger partial charge in [0.1, 0.15) is 11.9 Å². The van der Waals surface area contributed by atoms with E-state index in [0.29, 0.717) is 24.5 Å². The van der Waals surface area contributed by atoms with Crippen LogP contribution in [0.4, 0.5) is 5.69 Å². The summed E-state index contributed by atoms with van der Waals surface area (Å²) >= 11 is 1.55. The van der Waals surface area contributed by atoms with E-state index in [4.69, 9.17) is 0 Å². The number of nitrogens with one attached hydrogen (secondary N) is 2. The third-order valence-electron chi connectivity index (χ3n) is 5.36. The number of hydrogen-bond donors (Lipinski definition) is 2. The van der Waals surface area contributed by atoms with Gasteiger partial charge in [0.05, 0.1) is 12.2 Å². The number of amides is 2. The molecular formula is C22H20N6O2S. The van der Waals surface area contributed by atoms with Crippen LogP contribution in [0.3, 0.4) is 0 Å². The molecule has 0 unspecified atom stereocenters. The number of aliphatic imine (C=N–C) groups is 1. The van der Waals surface area contributed by atoms with Crippen LogP contribution < -0.4 is 10.2 Å². The average Bonchev–Trinajstić information content (AvgIpc) is 3.42. The molecule has 2 aliphatic heterocycles. The third-order valence-corrected chi connectivity index (χ3v) is 6.50. The zero-order valence-electron chi connectivity index (χ0n) is 16.8. The summed E-state index contributed by atoms with van der Waals surface area (Å²) in [4.78, 5) is 37.0. The number of nitrogens with zero attached hydrogens (tertiary/aromatic N) is 4. The van der Waals surface area contributed by atoms with Crippen LogP contribution >= 0.6 is 11.8 Å². The highest BCUT2D eigenvalue weighted by molar-refractivity contribution is 7.99. The number of thioether (sulfide) groups is 1. The van der Waals surface area contributed by atoms with E-state index in [2.05, 4.69) is 31.6 Å². The predicted octanol–water partition coefficient (Wildman–Crippen LogP) is 2.20. The van der Waals surface area contributed by atoms with Crippen molar-refractivity contribution in [3.05, 3.63) is 70.8 Å². The van der Waals surface area contributed by atoms with Gasteiger partial charge >= 0.3 is 0 Å². The topological polar surface area (TPSA) is 103 Å². The van der Waals surface area contributed by atoms with Crippen molar-refractivity contribution in [1.29, 1.82) is 0 Å². The first kappa shape index (κ1) is 19.5. The van der Waals surface area contributed by atoms with E-state index in [-0.39, 0.29) is 11.7 Å². The number of aromatic nitrogens is 3. The van der Waals surface area contributed by atoms with Crippen LogP contribution in [0.2, 0.25) is 0 Å². The van der Waals surface area contributed by atoms with Gasteiger partial charge in [0.15, 0.2) is 0 Å². The normalized spacial score (nSPS) is 17.3. The maximum Gasteiger partial charge on any atom is 0.291 e. The molecule has 0 spiro atoms. The first-order chi connectivity index (χ1) is 15.1. The second kappa shape index (κ2) is 7.99. The van der Waals surface area contributed by atoms with E-state index in [1.165, 1.54) is 0 Å². The van der Waals surface area contributed by atoms with Crippen LogP contribution in [-0.2, 0) is 17.8 Å². The van der Waals surface area contributed by atoms with Gasteiger partial charge in [0.2, 0.25) is 11.7 Å². The van der Waals surface area contributed by atoms with Gasteiger partial charge in [0.25, 0.3) is 5.91 Å². The Kier molecular flexibility index (Phi) is 5.03. The summed E-state index contributed by atoms with van der Waals surface area (Å²) in [7, 11) is 1.73. The van der Waals surface area contributed by atoms with Crippen molar-refractivity contribution in [2.45, 2.75) is 23.9 Å². The first-order valence-electron chi connectivity index (χ1n) is 9.91. The van der Waals surface area contributed by atoms with Crippen LogP contribution in [0, 0.1) is 0 Å². The van der Waals surface area contributed by atoms with Gasteiger partial charge in [-0.25, -0.2) is 4.98 Å². The molecule has 0 bridgehead atoms. The lowest BCUT2D eigenvalue weighted by Gasteiger charge is -2.21. The molecule has 2 aromatic carbocycles. The molecule has 2 aliphatic rings. The summed E-state index contributed by atoms with van der Waals surface area (Å²) in [5.41, 5.74) is 4.09. The number of benzene rings is 2. The van der Waals surface area contributed by atoms with Crippen molar-refractivity contribution in [2.24, 2.45) is 4.99 Å². The number of likely N-dealkylation sites (N-methyl/N-ethyl adjacent to an activating group) is 1. The molecule has 2 N–H and O–H groups in total. The Labute approximate surface area is 183 Å². The first-order valence-corrected chi connectivity index (χ1v) is 10.9. The summed E-state index contributed by atoms with van der Waals surface area (Å²) in [6.07, 6.45) is 2.38. The monoisotopic (exact) mass is 432 g/mol. The number of hydrogen-bond acceptors (Lipinski definition) is 6. The van der Waals surface area contributed by atoms with E-state index < -0.39 is 11.9 Å². The summed E-state index contributed by atoms with van der Waals surface area (Å²) in [6.45, 7) is 0.664. The van der Waals surface area contributed by atoms with E-state index in [0.717, 1.165) is 27.3 Å². The number of anilines is 1. The number of rotatable bonds is 4. The number of fused-ring (bicyclic) bond motifs is 2. The Balaban J connectivity index is 1.30. The molecule has 0 saturated carbocycles. The van der Waals surface area contributed by atoms with E-state index in [1.807, 2.05) is 42.6 Å². The Morgan fingerprint density at radius 2 is 2.13 bits per heavy atom. The molecule has 3 aromatic rings. The fraction of sp³-hybridized carbons (Fsp3) is 0.227. The van der Waals surface area contributed by atoms with Crippen LogP contribution in [0.25, 0.3) is 0 Å². The van der Waals surface area contributed by atoms with Crippen LogP contribution in [0.5, 0.6) is 0 Å². The lowest BCUT2D eigenvalue weighted by atomic mass is 10.1. The second-order valence-corrected chi connectivity index (χ2v) is 8.55. The van der Waals surface area contributed by atoms with E-state index in [1.54, 1.807) is 23.7 Å². The molecular weight excluding hydrogens is 412 g/mol. The third kappa shape index (κ3) is 3.84. The molecule has 2 amide bonds.